The molecule has 2 amide bonds. The van der Waals surface area contributed by atoms with Crippen LogP contribution in [0.4, 0.5) is 14.9 Å². The summed E-state index contributed by atoms with van der Waals surface area (Å²) in [4.78, 5) is 14.9. The number of hydrogen-bond donors (Lipinski definition) is 2. The van der Waals surface area contributed by atoms with Crippen molar-refractivity contribution in [3.05, 3.63) is 65.0 Å². The van der Waals surface area contributed by atoms with Gasteiger partial charge in [-0.1, -0.05) is 58.0 Å². The highest BCUT2D eigenvalue weighted by Gasteiger charge is 2.29. The minimum Gasteiger partial charge on any atom is -0.307 e. The van der Waals surface area contributed by atoms with E-state index in [1.807, 2.05) is 58.0 Å². The van der Waals surface area contributed by atoms with Crippen LogP contribution in [0.2, 0.25) is 0 Å². The van der Waals surface area contributed by atoms with Crippen LogP contribution in [0.3, 0.4) is 0 Å². The normalized spacial score (nSPS) is 15.7. The average Bonchev–Trinajstić information content (AvgIpc) is 2.75. The fourth-order valence-corrected chi connectivity index (χ4v) is 5.05. The Hall–Kier alpha value is -2.49. The van der Waals surface area contributed by atoms with Crippen LogP contribution in [0.25, 0.3) is 0 Å². The van der Waals surface area contributed by atoms with Crippen LogP contribution in [-0.2, 0) is 16.8 Å². The van der Waals surface area contributed by atoms with Gasteiger partial charge in [0.05, 0.1) is 0 Å². The Labute approximate surface area is 196 Å². The van der Waals surface area contributed by atoms with Crippen molar-refractivity contribution in [2.24, 2.45) is 0 Å². The number of amides is 2. The summed E-state index contributed by atoms with van der Waals surface area (Å²) in [6, 6.07) is 11.9. The highest BCUT2D eigenvalue weighted by atomic mass is 32.2. The van der Waals surface area contributed by atoms with Gasteiger partial charge in [-0.3, -0.25) is 4.90 Å². The fraction of sp³-hybridized carbons (Fsp3) is 0.458. The van der Waals surface area contributed by atoms with E-state index in [0.717, 1.165) is 6.54 Å². The Morgan fingerprint density at radius 2 is 1.52 bits per heavy atom. The van der Waals surface area contributed by atoms with E-state index >= 15 is 0 Å². The highest BCUT2D eigenvalue weighted by Crippen LogP contribution is 2.33. The lowest BCUT2D eigenvalue weighted by Gasteiger charge is -2.33. The zero-order chi connectivity index (χ0) is 24.2. The lowest BCUT2D eigenvalue weighted by molar-refractivity contribution is 0.180. The maximum absolute atomic E-state index is 14.1. The number of halogens is 1. The van der Waals surface area contributed by atoms with Crippen molar-refractivity contribution < 1.29 is 17.6 Å². The van der Waals surface area contributed by atoms with E-state index in [-0.39, 0.29) is 17.7 Å². The first kappa shape index (κ1) is 25.1. The molecule has 0 atom stereocenters. The predicted molar refractivity (Wildman–Crippen MR) is 129 cm³/mol. The highest BCUT2D eigenvalue weighted by molar-refractivity contribution is 7.87. The van der Waals surface area contributed by atoms with Crippen LogP contribution >= 0.6 is 0 Å². The number of urea groups is 1. The van der Waals surface area contributed by atoms with Crippen LogP contribution in [0.5, 0.6) is 0 Å². The number of anilines is 1. The molecule has 0 radical (unpaired) electrons. The second-order valence-electron chi connectivity index (χ2n) is 8.99. The van der Waals surface area contributed by atoms with Crippen LogP contribution < -0.4 is 10.0 Å². The van der Waals surface area contributed by atoms with Crippen LogP contribution in [0, 0.1) is 5.82 Å². The minimum absolute atomic E-state index is 0.0530. The summed E-state index contributed by atoms with van der Waals surface area (Å²) < 4.78 is 43.2. The quantitative estimate of drug-likeness (QED) is 0.626. The Bertz CT molecular complexity index is 1040. The Balaban J connectivity index is 1.65. The van der Waals surface area contributed by atoms with E-state index in [9.17, 15) is 17.6 Å². The first-order chi connectivity index (χ1) is 15.6. The Kier molecular flexibility index (Phi) is 8.10. The zero-order valence-electron chi connectivity index (χ0n) is 19.6. The van der Waals surface area contributed by atoms with Crippen LogP contribution in [-0.4, -0.2) is 49.8 Å². The van der Waals surface area contributed by atoms with Gasteiger partial charge in [0.15, 0.2) is 0 Å². The third kappa shape index (κ3) is 6.52. The van der Waals surface area contributed by atoms with Crippen molar-refractivity contribution in [1.82, 2.24) is 13.9 Å². The lowest BCUT2D eigenvalue weighted by atomic mass is 9.92. The SMILES string of the molecule is CC(C)c1cc(F)cc(C(C)C)c1NC(=O)NS(=O)(=O)N1CCN(Cc2ccccc2)CC1. The standard InChI is InChI=1S/C24H33FN4O3S/c1-17(2)21-14-20(25)15-22(18(3)4)23(21)26-24(30)27-33(31,32)29-12-10-28(11-13-29)16-19-8-6-5-7-9-19/h5-9,14-15,17-18H,10-13,16H2,1-4H3,(H2,26,27,30). The molecule has 3 rings (SSSR count). The van der Waals surface area contributed by atoms with Gasteiger partial charge in [0.25, 0.3) is 0 Å². The second kappa shape index (κ2) is 10.6. The molecule has 0 unspecified atom stereocenters. The molecule has 1 heterocycles. The molecular weight excluding hydrogens is 443 g/mol. The van der Waals surface area contributed by atoms with Gasteiger partial charge in [0, 0.05) is 38.4 Å². The molecule has 0 aliphatic carbocycles. The van der Waals surface area contributed by atoms with Gasteiger partial charge in [0.1, 0.15) is 5.82 Å². The summed E-state index contributed by atoms with van der Waals surface area (Å²) in [7, 11) is -4.00. The summed E-state index contributed by atoms with van der Waals surface area (Å²) in [5.74, 6) is -0.486. The van der Waals surface area contributed by atoms with Crippen molar-refractivity contribution in [1.29, 1.82) is 0 Å². The monoisotopic (exact) mass is 476 g/mol. The van der Waals surface area contributed by atoms with Gasteiger partial charge in [-0.05, 0) is 40.7 Å². The molecule has 9 heteroatoms. The van der Waals surface area contributed by atoms with Crippen LogP contribution in [0.15, 0.2) is 42.5 Å². The van der Waals surface area contributed by atoms with Crippen molar-refractivity contribution in [2.45, 2.75) is 46.1 Å². The van der Waals surface area contributed by atoms with E-state index in [4.69, 9.17) is 0 Å². The number of rotatable bonds is 7. The first-order valence-corrected chi connectivity index (χ1v) is 12.7. The van der Waals surface area contributed by atoms with E-state index in [2.05, 4.69) is 14.9 Å². The van der Waals surface area contributed by atoms with E-state index in [1.54, 1.807) is 0 Å². The number of carbonyl (C=O) groups is 1. The van der Waals surface area contributed by atoms with Gasteiger partial charge in [-0.2, -0.15) is 12.7 Å². The summed E-state index contributed by atoms with van der Waals surface area (Å²) in [6.45, 7) is 10.1. The summed E-state index contributed by atoms with van der Waals surface area (Å²) in [5, 5.41) is 2.67. The summed E-state index contributed by atoms with van der Waals surface area (Å²) >= 11 is 0. The average molecular weight is 477 g/mol. The largest absolute Gasteiger partial charge is 0.333 e. The third-order valence-electron chi connectivity index (χ3n) is 5.79. The molecule has 0 aromatic heterocycles. The smallest absolute Gasteiger partial charge is 0.307 e. The summed E-state index contributed by atoms with van der Waals surface area (Å²) in [5.41, 5.74) is 2.89. The predicted octanol–water partition coefficient (Wildman–Crippen LogP) is 4.26. The van der Waals surface area contributed by atoms with Crippen molar-refractivity contribution in [3.63, 3.8) is 0 Å². The fourth-order valence-electron chi connectivity index (χ4n) is 4.00. The van der Waals surface area contributed by atoms with Crippen molar-refractivity contribution in [3.8, 4) is 0 Å². The first-order valence-electron chi connectivity index (χ1n) is 11.2. The maximum Gasteiger partial charge on any atom is 0.333 e. The van der Waals surface area contributed by atoms with Crippen molar-refractivity contribution in [2.75, 3.05) is 31.5 Å². The molecule has 1 fully saturated rings. The molecule has 1 aliphatic heterocycles. The van der Waals surface area contributed by atoms with Gasteiger partial charge < -0.3 is 5.32 Å². The van der Waals surface area contributed by atoms with Gasteiger partial charge in [0.2, 0.25) is 0 Å². The molecule has 1 saturated heterocycles. The van der Waals surface area contributed by atoms with Crippen molar-refractivity contribution >= 4 is 21.9 Å². The molecule has 2 N–H and O–H groups in total. The van der Waals surface area contributed by atoms with Gasteiger partial charge >= 0.3 is 16.2 Å². The second-order valence-corrected chi connectivity index (χ2v) is 10.7. The number of benzene rings is 2. The molecule has 0 spiro atoms. The Morgan fingerprint density at radius 1 is 0.970 bits per heavy atom. The number of piperazine rings is 1. The van der Waals surface area contributed by atoms with Crippen LogP contribution in [0.1, 0.15) is 56.2 Å². The van der Waals surface area contributed by atoms with E-state index < -0.39 is 16.2 Å². The molecule has 2 aromatic carbocycles. The molecule has 7 nitrogen and oxygen atoms in total. The molecule has 33 heavy (non-hydrogen) atoms. The molecular formula is C24H33FN4O3S. The minimum atomic E-state index is -4.00. The van der Waals surface area contributed by atoms with Gasteiger partial charge in [-0.25, -0.2) is 13.9 Å². The van der Waals surface area contributed by atoms with E-state index in [1.165, 1.54) is 22.0 Å². The number of hydrogen-bond acceptors (Lipinski definition) is 4. The van der Waals surface area contributed by atoms with E-state index in [0.29, 0.717) is 43.0 Å². The third-order valence-corrected chi connectivity index (χ3v) is 7.28. The lowest BCUT2D eigenvalue weighted by Crippen LogP contribution is -2.53. The molecule has 0 bridgehead atoms. The molecule has 1 aliphatic rings. The molecule has 2 aromatic rings. The molecule has 0 saturated carbocycles. The van der Waals surface area contributed by atoms with Gasteiger partial charge in [-0.15, -0.1) is 0 Å². The Morgan fingerprint density at radius 3 is 2.03 bits per heavy atom. The molecule has 180 valence electrons. The maximum atomic E-state index is 14.1. The summed E-state index contributed by atoms with van der Waals surface area (Å²) in [6.07, 6.45) is 0. The zero-order valence-corrected chi connectivity index (χ0v) is 20.5. The number of nitrogens with zero attached hydrogens (tertiary/aromatic N) is 2. The number of nitrogens with one attached hydrogen (secondary N) is 2. The number of carbonyl (C=O) groups excluding carboxylic acids is 1. The topological polar surface area (TPSA) is 81.8 Å².